The first kappa shape index (κ1) is 16.1. The maximum Gasteiger partial charge on any atom is 0.121 e. The van der Waals surface area contributed by atoms with Crippen molar-refractivity contribution in [3.05, 3.63) is 65.5 Å². The summed E-state index contributed by atoms with van der Waals surface area (Å²) < 4.78 is 0. The fraction of sp³-hybridized carbons (Fsp3) is 0.176. The Labute approximate surface area is 125 Å². The maximum absolute atomic E-state index is 5.61. The summed E-state index contributed by atoms with van der Waals surface area (Å²) in [6.45, 7) is 13.3. The molecular weight excluding hydrogens is 268 g/mol. The van der Waals surface area contributed by atoms with Crippen LogP contribution in [0.2, 0.25) is 0 Å². The lowest BCUT2D eigenvalue weighted by Crippen LogP contribution is -2.00. The summed E-state index contributed by atoms with van der Waals surface area (Å²) in [6.07, 6.45) is 3.37. The molecule has 0 amide bonds. The van der Waals surface area contributed by atoms with Gasteiger partial charge in [-0.2, -0.15) is 0 Å². The summed E-state index contributed by atoms with van der Waals surface area (Å²) in [6, 6.07) is 8.31. The van der Waals surface area contributed by atoms with E-state index in [1.165, 1.54) is 5.56 Å². The molecule has 0 spiro atoms. The number of hydrogen-bond donors (Lipinski definition) is 0. The van der Waals surface area contributed by atoms with Gasteiger partial charge in [0.15, 0.2) is 0 Å². The molecule has 0 aliphatic carbocycles. The number of hydrogen-bond acceptors (Lipinski definition) is 2. The highest BCUT2D eigenvalue weighted by atomic mass is 35.5. The molecule has 0 saturated heterocycles. The fourth-order valence-electron chi connectivity index (χ4n) is 1.44. The minimum Gasteiger partial charge on any atom is -0.255 e. The van der Waals surface area contributed by atoms with Crippen LogP contribution in [0, 0.1) is 6.92 Å². The maximum atomic E-state index is 5.61. The van der Waals surface area contributed by atoms with Crippen molar-refractivity contribution in [1.82, 2.24) is 0 Å². The molecule has 3 heteroatoms. The van der Waals surface area contributed by atoms with Crippen LogP contribution in [-0.4, -0.2) is 11.9 Å². The van der Waals surface area contributed by atoms with E-state index in [2.05, 4.69) is 54.3 Å². The molecule has 104 valence electrons. The second-order valence-electron chi connectivity index (χ2n) is 4.61. The van der Waals surface area contributed by atoms with Gasteiger partial charge in [-0.05, 0) is 37.5 Å². The third-order valence-electron chi connectivity index (χ3n) is 2.67. The lowest BCUT2D eigenvalue weighted by atomic mass is 10.1. The third-order valence-corrected chi connectivity index (χ3v) is 2.77. The molecule has 0 bridgehead atoms. The largest absolute Gasteiger partial charge is 0.255 e. The number of benzene rings is 1. The van der Waals surface area contributed by atoms with Crippen molar-refractivity contribution in [2.45, 2.75) is 20.8 Å². The number of allylic oxidation sites excluding steroid dienone is 2. The molecule has 1 aromatic rings. The van der Waals surface area contributed by atoms with Gasteiger partial charge in [0.05, 0.1) is 11.9 Å². The minimum absolute atomic E-state index is 0.221. The van der Waals surface area contributed by atoms with Crippen LogP contribution in [0.1, 0.15) is 25.0 Å². The molecular formula is C17H19ClN2. The average molecular weight is 287 g/mol. The Morgan fingerprint density at radius 2 is 1.75 bits per heavy atom. The summed E-state index contributed by atoms with van der Waals surface area (Å²) in [7, 11) is 0. The fourth-order valence-corrected chi connectivity index (χ4v) is 1.49. The molecule has 0 saturated carbocycles. The van der Waals surface area contributed by atoms with E-state index in [0.717, 1.165) is 16.7 Å². The van der Waals surface area contributed by atoms with Gasteiger partial charge in [0.2, 0.25) is 0 Å². The van der Waals surface area contributed by atoms with Gasteiger partial charge in [0.1, 0.15) is 5.16 Å². The van der Waals surface area contributed by atoms with E-state index in [4.69, 9.17) is 11.6 Å². The zero-order chi connectivity index (χ0) is 15.1. The first-order chi connectivity index (χ1) is 9.40. The van der Waals surface area contributed by atoms with E-state index in [0.29, 0.717) is 5.71 Å². The van der Waals surface area contributed by atoms with Crippen molar-refractivity contribution >= 4 is 29.1 Å². The summed E-state index contributed by atoms with van der Waals surface area (Å²) in [4.78, 5) is 8.33. The SMILES string of the molecule is C=C(Cl)N=CC(=N/C=C(\C)c1ccc(C)cc1)C(=C)C. The van der Waals surface area contributed by atoms with Crippen LogP contribution >= 0.6 is 11.6 Å². The van der Waals surface area contributed by atoms with E-state index >= 15 is 0 Å². The van der Waals surface area contributed by atoms with Crippen molar-refractivity contribution in [2.24, 2.45) is 9.98 Å². The monoisotopic (exact) mass is 286 g/mol. The number of aliphatic imine (C=N–C) groups is 2. The zero-order valence-corrected chi connectivity index (χ0v) is 12.9. The predicted molar refractivity (Wildman–Crippen MR) is 90.6 cm³/mol. The molecule has 0 N–H and O–H groups in total. The molecule has 0 fully saturated rings. The number of halogens is 1. The molecule has 0 unspecified atom stereocenters. The Bertz CT molecular complexity index is 590. The van der Waals surface area contributed by atoms with Crippen LogP contribution in [0.15, 0.2) is 64.3 Å². The Kier molecular flexibility index (Phi) is 6.13. The van der Waals surface area contributed by atoms with Crippen LogP contribution < -0.4 is 0 Å². The lowest BCUT2D eigenvalue weighted by molar-refractivity contribution is 1.43. The average Bonchev–Trinajstić information content (AvgIpc) is 2.38. The van der Waals surface area contributed by atoms with E-state index in [9.17, 15) is 0 Å². The quantitative estimate of drug-likeness (QED) is 0.528. The van der Waals surface area contributed by atoms with Crippen LogP contribution in [0.4, 0.5) is 0 Å². The van der Waals surface area contributed by atoms with Gasteiger partial charge in [0.25, 0.3) is 0 Å². The second-order valence-corrected chi connectivity index (χ2v) is 5.04. The van der Waals surface area contributed by atoms with Gasteiger partial charge in [0, 0.05) is 6.20 Å². The molecule has 0 heterocycles. The lowest BCUT2D eigenvalue weighted by Gasteiger charge is -2.02. The van der Waals surface area contributed by atoms with Crippen molar-refractivity contribution < 1.29 is 0 Å². The van der Waals surface area contributed by atoms with Gasteiger partial charge < -0.3 is 0 Å². The number of rotatable bonds is 5. The van der Waals surface area contributed by atoms with E-state index < -0.39 is 0 Å². The summed E-state index contributed by atoms with van der Waals surface area (Å²) in [5.74, 6) is 0. The Balaban J connectivity index is 3.00. The van der Waals surface area contributed by atoms with E-state index in [-0.39, 0.29) is 5.16 Å². The van der Waals surface area contributed by atoms with Crippen molar-refractivity contribution in [3.8, 4) is 0 Å². The van der Waals surface area contributed by atoms with Gasteiger partial charge >= 0.3 is 0 Å². The molecule has 0 aliphatic rings. The standard InChI is InChI=1S/C17H19ClN2/c1-12(2)17(11-19-15(5)18)20-10-14(4)16-8-6-13(3)7-9-16/h6-11H,1,5H2,2-4H3/b14-10+,19-11?,20-17?. The smallest absolute Gasteiger partial charge is 0.121 e. The molecule has 0 aliphatic heterocycles. The van der Waals surface area contributed by atoms with Crippen LogP contribution in [0.25, 0.3) is 5.57 Å². The van der Waals surface area contributed by atoms with Gasteiger partial charge in [-0.15, -0.1) is 0 Å². The molecule has 1 rings (SSSR count). The first-order valence-electron chi connectivity index (χ1n) is 6.26. The molecule has 2 nitrogen and oxygen atoms in total. The molecule has 0 aromatic heterocycles. The highest BCUT2D eigenvalue weighted by Gasteiger charge is 1.97. The number of aryl methyl sites for hydroxylation is 1. The minimum atomic E-state index is 0.221. The van der Waals surface area contributed by atoms with E-state index in [1.54, 1.807) is 12.4 Å². The topological polar surface area (TPSA) is 24.7 Å². The zero-order valence-electron chi connectivity index (χ0n) is 12.2. The van der Waals surface area contributed by atoms with Crippen molar-refractivity contribution in [1.29, 1.82) is 0 Å². The second kappa shape index (κ2) is 7.61. The number of nitrogens with zero attached hydrogens (tertiary/aromatic N) is 2. The molecule has 0 atom stereocenters. The van der Waals surface area contributed by atoms with Crippen LogP contribution in [0.3, 0.4) is 0 Å². The van der Waals surface area contributed by atoms with Crippen LogP contribution in [0.5, 0.6) is 0 Å². The van der Waals surface area contributed by atoms with Crippen molar-refractivity contribution in [2.75, 3.05) is 0 Å². The Hall–Kier alpha value is -1.93. The van der Waals surface area contributed by atoms with Gasteiger partial charge in [-0.25, -0.2) is 4.99 Å². The third kappa shape index (κ3) is 5.37. The Morgan fingerprint density at radius 3 is 2.25 bits per heavy atom. The predicted octanol–water partition coefficient (Wildman–Crippen LogP) is 5.15. The summed E-state index contributed by atoms with van der Waals surface area (Å²) in [5.41, 5.74) is 4.94. The first-order valence-corrected chi connectivity index (χ1v) is 6.64. The summed E-state index contributed by atoms with van der Waals surface area (Å²) in [5, 5.41) is 0.221. The molecule has 20 heavy (non-hydrogen) atoms. The van der Waals surface area contributed by atoms with E-state index in [1.807, 2.05) is 13.8 Å². The Morgan fingerprint density at radius 1 is 1.15 bits per heavy atom. The normalized spacial score (nSPS) is 12.8. The molecule has 0 radical (unpaired) electrons. The molecule has 1 aromatic carbocycles. The van der Waals surface area contributed by atoms with Crippen LogP contribution in [-0.2, 0) is 0 Å². The van der Waals surface area contributed by atoms with Crippen molar-refractivity contribution in [3.63, 3.8) is 0 Å². The van der Waals surface area contributed by atoms with Gasteiger partial charge in [-0.1, -0.05) is 54.6 Å². The highest BCUT2D eigenvalue weighted by molar-refractivity contribution is 6.39. The summed E-state index contributed by atoms with van der Waals surface area (Å²) >= 11 is 5.61. The highest BCUT2D eigenvalue weighted by Crippen LogP contribution is 2.14. The van der Waals surface area contributed by atoms with Gasteiger partial charge in [-0.3, -0.25) is 4.99 Å².